The van der Waals surface area contributed by atoms with E-state index in [0.29, 0.717) is 39.9 Å². The van der Waals surface area contributed by atoms with Crippen LogP contribution in [-0.4, -0.2) is 39.8 Å². The van der Waals surface area contributed by atoms with Gasteiger partial charge in [-0.3, -0.25) is 19.6 Å². The van der Waals surface area contributed by atoms with Crippen molar-refractivity contribution in [1.82, 2.24) is 19.7 Å². The third-order valence-corrected chi connectivity index (χ3v) is 6.15. The number of carbonyl (C=O) groups excluding carboxylic acids is 1. The first-order valence-electron chi connectivity index (χ1n) is 12.2. The van der Waals surface area contributed by atoms with Crippen LogP contribution in [0.2, 0.25) is 0 Å². The molecule has 0 unspecified atom stereocenters. The highest BCUT2D eigenvalue weighted by Gasteiger charge is 2.17. The number of fused-ring (bicyclic) bond motifs is 1. The van der Waals surface area contributed by atoms with E-state index in [4.69, 9.17) is 14.2 Å². The predicted octanol–water partition coefficient (Wildman–Crippen LogP) is 4.78. The van der Waals surface area contributed by atoms with Crippen LogP contribution in [0, 0.1) is 6.92 Å². The molecule has 39 heavy (non-hydrogen) atoms. The zero-order chi connectivity index (χ0) is 27.4. The van der Waals surface area contributed by atoms with Crippen molar-refractivity contribution in [2.24, 2.45) is 0 Å². The molecule has 0 aliphatic carbocycles. The first-order chi connectivity index (χ1) is 18.9. The van der Waals surface area contributed by atoms with Crippen LogP contribution >= 0.6 is 0 Å². The molecular weight excluding hydrogens is 496 g/mol. The summed E-state index contributed by atoms with van der Waals surface area (Å²) < 4.78 is 18.2. The summed E-state index contributed by atoms with van der Waals surface area (Å²) in [6.07, 6.45) is 3.16. The van der Waals surface area contributed by atoms with E-state index in [1.165, 1.54) is 10.7 Å². The molecule has 2 aromatic carbocycles. The zero-order valence-electron chi connectivity index (χ0n) is 21.7. The number of ketones is 1. The minimum absolute atomic E-state index is 0.0283. The molecular formula is C30H26N4O5. The molecule has 3 aromatic heterocycles. The third-order valence-electron chi connectivity index (χ3n) is 6.15. The summed E-state index contributed by atoms with van der Waals surface area (Å²) in [5, 5.41) is 5.06. The molecule has 3 heterocycles. The number of Topliss-reactive ketones (excluding diaryl/α,β-unsaturated/α-hetero) is 1. The Labute approximate surface area is 224 Å². The van der Waals surface area contributed by atoms with Crippen molar-refractivity contribution in [2.75, 3.05) is 14.2 Å². The monoisotopic (exact) mass is 522 g/mol. The van der Waals surface area contributed by atoms with Gasteiger partial charge in [-0.2, -0.15) is 5.10 Å². The Morgan fingerprint density at radius 2 is 1.67 bits per heavy atom. The predicted molar refractivity (Wildman–Crippen MR) is 146 cm³/mol. The molecule has 5 rings (SSSR count). The molecule has 0 N–H and O–H groups in total. The fourth-order valence-electron chi connectivity index (χ4n) is 4.24. The second-order valence-corrected chi connectivity index (χ2v) is 8.87. The van der Waals surface area contributed by atoms with Crippen LogP contribution in [0.25, 0.3) is 10.9 Å². The Kier molecular flexibility index (Phi) is 7.31. The highest BCUT2D eigenvalue weighted by Crippen LogP contribution is 2.36. The van der Waals surface area contributed by atoms with Crippen LogP contribution in [0.3, 0.4) is 0 Å². The minimum Gasteiger partial charge on any atom is -0.493 e. The summed E-state index contributed by atoms with van der Waals surface area (Å²) in [7, 11) is 3.13. The lowest BCUT2D eigenvalue weighted by atomic mass is 10.1. The van der Waals surface area contributed by atoms with Crippen molar-refractivity contribution < 1.29 is 19.0 Å². The zero-order valence-corrected chi connectivity index (χ0v) is 21.7. The van der Waals surface area contributed by atoms with Gasteiger partial charge in [0.1, 0.15) is 11.5 Å². The van der Waals surface area contributed by atoms with Crippen molar-refractivity contribution in [1.29, 1.82) is 0 Å². The number of ether oxygens (including phenoxy) is 3. The van der Waals surface area contributed by atoms with Crippen LogP contribution in [0.4, 0.5) is 0 Å². The van der Waals surface area contributed by atoms with Crippen molar-refractivity contribution >= 4 is 16.7 Å². The maximum Gasteiger partial charge on any atom is 0.277 e. The molecule has 0 aliphatic heterocycles. The van der Waals surface area contributed by atoms with E-state index >= 15 is 0 Å². The van der Waals surface area contributed by atoms with Crippen LogP contribution < -0.4 is 19.8 Å². The summed E-state index contributed by atoms with van der Waals surface area (Å²) in [4.78, 5) is 34.9. The molecule has 0 saturated carbocycles. The van der Waals surface area contributed by atoms with Gasteiger partial charge in [-0.25, -0.2) is 4.68 Å². The highest BCUT2D eigenvalue weighted by atomic mass is 16.5. The lowest BCUT2D eigenvalue weighted by Gasteiger charge is -2.12. The van der Waals surface area contributed by atoms with Crippen LogP contribution in [-0.2, 0) is 13.0 Å². The molecule has 5 aromatic rings. The largest absolute Gasteiger partial charge is 0.493 e. The van der Waals surface area contributed by atoms with Crippen LogP contribution in [0.5, 0.6) is 23.0 Å². The molecule has 0 amide bonds. The van der Waals surface area contributed by atoms with Crippen LogP contribution in [0.1, 0.15) is 27.3 Å². The number of benzene rings is 2. The average Bonchev–Trinajstić information content (AvgIpc) is 2.95. The van der Waals surface area contributed by atoms with E-state index in [0.717, 1.165) is 10.9 Å². The molecule has 0 spiro atoms. The number of rotatable bonds is 9. The van der Waals surface area contributed by atoms with Gasteiger partial charge in [0.2, 0.25) is 0 Å². The number of pyridine rings is 2. The molecule has 0 aliphatic rings. The van der Waals surface area contributed by atoms with Crippen LogP contribution in [0.15, 0.2) is 83.9 Å². The van der Waals surface area contributed by atoms with Gasteiger partial charge in [0.05, 0.1) is 50.2 Å². The highest BCUT2D eigenvalue weighted by molar-refractivity contribution is 5.97. The van der Waals surface area contributed by atoms with E-state index in [9.17, 15) is 9.59 Å². The number of aryl methyl sites for hydroxylation is 1. The van der Waals surface area contributed by atoms with Gasteiger partial charge < -0.3 is 14.2 Å². The first-order valence-corrected chi connectivity index (χ1v) is 12.2. The standard InChI is InChI=1S/C30H26N4O5/c1-19-13-24(30(36)34(33-19)18-20-7-5-4-6-8-20)26(35)14-21-9-10-22(17-32-21)39-27-11-12-31-25-16-29(38-3)28(37-2)15-23(25)27/h4-13,15-17H,14,18H2,1-3H3. The van der Waals surface area contributed by atoms with Gasteiger partial charge in [0.15, 0.2) is 17.3 Å². The second kappa shape index (κ2) is 11.1. The quantitative estimate of drug-likeness (QED) is 0.255. The maximum atomic E-state index is 13.1. The SMILES string of the molecule is COc1cc2nccc(Oc3ccc(CC(=O)c4cc(C)nn(Cc5ccccc5)c4=O)nc3)c2cc1OC. The number of hydrogen-bond acceptors (Lipinski definition) is 8. The molecule has 0 radical (unpaired) electrons. The van der Waals surface area contributed by atoms with E-state index < -0.39 is 5.56 Å². The third kappa shape index (κ3) is 5.62. The Hall–Kier alpha value is -5.05. The number of nitrogens with zero attached hydrogens (tertiary/aromatic N) is 4. The Bertz CT molecular complexity index is 1700. The van der Waals surface area contributed by atoms with E-state index in [-0.39, 0.29) is 24.3 Å². The number of aromatic nitrogens is 4. The van der Waals surface area contributed by atoms with E-state index in [1.54, 1.807) is 63.9 Å². The van der Waals surface area contributed by atoms with Gasteiger partial charge >= 0.3 is 0 Å². The minimum atomic E-state index is -0.425. The van der Waals surface area contributed by atoms with Crippen molar-refractivity contribution in [3.63, 3.8) is 0 Å². The molecule has 196 valence electrons. The molecule has 0 fully saturated rings. The number of hydrogen-bond donors (Lipinski definition) is 0. The summed E-state index contributed by atoms with van der Waals surface area (Å²) >= 11 is 0. The van der Waals surface area contributed by atoms with E-state index in [1.807, 2.05) is 30.3 Å². The second-order valence-electron chi connectivity index (χ2n) is 8.87. The van der Waals surface area contributed by atoms with Gasteiger partial charge in [-0.15, -0.1) is 0 Å². The normalized spacial score (nSPS) is 10.8. The molecule has 0 bridgehead atoms. The summed E-state index contributed by atoms with van der Waals surface area (Å²) in [5.74, 6) is 1.86. The van der Waals surface area contributed by atoms with Gasteiger partial charge in [0.25, 0.3) is 5.56 Å². The Balaban J connectivity index is 1.34. The summed E-state index contributed by atoms with van der Waals surface area (Å²) in [6.45, 7) is 2.05. The molecule has 9 nitrogen and oxygen atoms in total. The van der Waals surface area contributed by atoms with Gasteiger partial charge in [-0.05, 0) is 42.8 Å². The Morgan fingerprint density at radius 1 is 0.897 bits per heavy atom. The fourth-order valence-corrected chi connectivity index (χ4v) is 4.24. The smallest absolute Gasteiger partial charge is 0.277 e. The topological polar surface area (TPSA) is 105 Å². The fraction of sp³-hybridized carbons (Fsp3) is 0.167. The lowest BCUT2D eigenvalue weighted by molar-refractivity contribution is 0.0989. The maximum absolute atomic E-state index is 13.1. The summed E-state index contributed by atoms with van der Waals surface area (Å²) in [6, 6.07) is 19.8. The van der Waals surface area contributed by atoms with Crippen molar-refractivity contribution in [2.45, 2.75) is 19.9 Å². The average molecular weight is 523 g/mol. The number of carbonyl (C=O) groups is 1. The van der Waals surface area contributed by atoms with Crippen molar-refractivity contribution in [3.8, 4) is 23.0 Å². The Morgan fingerprint density at radius 3 is 2.38 bits per heavy atom. The molecule has 0 saturated heterocycles. The van der Waals surface area contributed by atoms with Crippen molar-refractivity contribution in [3.05, 3.63) is 112 Å². The molecule has 9 heteroatoms. The summed E-state index contributed by atoms with van der Waals surface area (Å²) in [5.41, 5.74) is 2.38. The van der Waals surface area contributed by atoms with E-state index in [2.05, 4.69) is 15.1 Å². The van der Waals surface area contributed by atoms with Gasteiger partial charge in [-0.1, -0.05) is 30.3 Å². The lowest BCUT2D eigenvalue weighted by Crippen LogP contribution is -2.30. The first kappa shape index (κ1) is 25.6. The number of methoxy groups -OCH3 is 2. The molecule has 0 atom stereocenters. The van der Waals surface area contributed by atoms with Gasteiger partial charge in [0, 0.05) is 23.3 Å².